The Bertz CT molecular complexity index is 1740. The second kappa shape index (κ2) is 15.7. The van der Waals surface area contributed by atoms with Gasteiger partial charge in [-0.2, -0.15) is 0 Å². The summed E-state index contributed by atoms with van der Waals surface area (Å²) in [6, 6.07) is 0. The second-order valence-corrected chi connectivity index (χ2v) is 20.5. The third kappa shape index (κ3) is 7.44. The van der Waals surface area contributed by atoms with Crippen molar-refractivity contribution < 1.29 is 66.4 Å². The van der Waals surface area contributed by atoms with Crippen LogP contribution in [-0.2, 0) is 66.4 Å². The van der Waals surface area contributed by atoms with Gasteiger partial charge in [0.2, 0.25) is 5.79 Å². The first-order valence-corrected chi connectivity index (χ1v) is 23.4. The van der Waals surface area contributed by atoms with Crippen LogP contribution in [0.3, 0.4) is 0 Å². The van der Waals surface area contributed by atoms with Gasteiger partial charge in [-0.3, -0.25) is 4.79 Å². The Labute approximate surface area is 359 Å². The maximum atomic E-state index is 14.3. The van der Waals surface area contributed by atoms with Crippen LogP contribution in [0.2, 0.25) is 0 Å². The lowest BCUT2D eigenvalue weighted by atomic mass is 9.79. The lowest BCUT2D eigenvalue weighted by molar-refractivity contribution is -0.356. The van der Waals surface area contributed by atoms with Crippen LogP contribution in [-0.4, -0.2) is 140 Å². The summed E-state index contributed by atoms with van der Waals surface area (Å²) < 4.78 is 87.3. The largest absolute Gasteiger partial charge is 0.459 e. The van der Waals surface area contributed by atoms with Crippen LogP contribution < -0.4 is 0 Å². The highest BCUT2D eigenvalue weighted by Crippen LogP contribution is 2.59. The van der Waals surface area contributed by atoms with Crippen molar-refractivity contribution in [1.29, 1.82) is 0 Å². The van der Waals surface area contributed by atoms with Crippen LogP contribution in [0.25, 0.3) is 0 Å². The van der Waals surface area contributed by atoms with Gasteiger partial charge in [0.25, 0.3) is 0 Å². The minimum absolute atomic E-state index is 0.00681. The first-order chi connectivity index (χ1) is 29.3. The summed E-state index contributed by atoms with van der Waals surface area (Å²) in [5.74, 6) is -3.00. The van der Waals surface area contributed by atoms with Gasteiger partial charge in [0, 0.05) is 25.2 Å². The van der Waals surface area contributed by atoms with Crippen LogP contribution in [0.5, 0.6) is 0 Å². The normalized spacial score (nSPS) is 53.8. The molecular weight excluding hydrogens is 789 g/mol. The molecule has 12 aliphatic rings. The smallest absolute Gasteiger partial charge is 0.308 e. The van der Waals surface area contributed by atoms with E-state index in [2.05, 4.69) is 33.6 Å². The number of hydrogen-bond acceptors (Lipinski definition) is 14. The summed E-state index contributed by atoms with van der Waals surface area (Å²) in [5, 5.41) is 0. The highest BCUT2D eigenvalue weighted by Gasteiger charge is 2.75. The lowest BCUT2D eigenvalue weighted by Gasteiger charge is -2.53. The molecule has 21 atom stereocenters. The molecule has 0 amide bonds. The fourth-order valence-electron chi connectivity index (χ4n) is 12.9. The summed E-state index contributed by atoms with van der Waals surface area (Å²) in [5.41, 5.74) is 2.16. The van der Waals surface area contributed by atoms with Gasteiger partial charge in [0.05, 0.1) is 87.1 Å². The summed E-state index contributed by atoms with van der Waals surface area (Å²) in [7, 11) is 0. The highest BCUT2D eigenvalue weighted by atomic mass is 16.8. The van der Waals surface area contributed by atoms with Gasteiger partial charge in [-0.25, -0.2) is 0 Å². The number of ether oxygens (including phenoxy) is 13. The molecule has 0 N–H and O–H groups in total. The summed E-state index contributed by atoms with van der Waals surface area (Å²) in [6.07, 6.45) is 3.99. The third-order valence-electron chi connectivity index (χ3n) is 15.9. The standard InChI is InChI=1S/C47H66O14/c1-8-15-49-47-22-46-14-13-29-17-24(3)30(51-29)11-9-27-16-23(2)25(4)32(52-27)19-34-39(26(5)38-35(54-34)20-33-36(56-38)21-50-45(6,7)58-33)57-37(48)18-28-10-12-31-40(53-28)41(59-46)42(60-47)43(55-31)44(47)61-46/h8,23,26-36,38-44H,1,3-4,9-22H2,2,5-7H3/t23-,26+,27?,28?,29?,30+,31?,32?,33-,34+,35+,36-,38+,39?,40+,41?,42?,43?,44?,46-,47-/m1/s1. The Balaban J connectivity index is 0.886. The molecule has 12 heterocycles. The van der Waals surface area contributed by atoms with E-state index in [-0.39, 0.29) is 85.3 Å². The number of esters is 1. The van der Waals surface area contributed by atoms with E-state index in [9.17, 15) is 4.79 Å². The molecular formula is C47H66O14. The number of hydrogen-bond donors (Lipinski definition) is 0. The molecule has 10 unspecified atom stereocenters. The second-order valence-electron chi connectivity index (χ2n) is 20.5. The average Bonchev–Trinajstić information content (AvgIpc) is 3.77. The van der Waals surface area contributed by atoms with Crippen molar-refractivity contribution in [3.63, 3.8) is 0 Å². The van der Waals surface area contributed by atoms with E-state index in [1.54, 1.807) is 6.08 Å². The van der Waals surface area contributed by atoms with E-state index in [0.717, 1.165) is 43.3 Å². The molecule has 12 aliphatic heterocycles. The van der Waals surface area contributed by atoms with Crippen LogP contribution >= 0.6 is 0 Å². The van der Waals surface area contributed by atoms with Crippen LogP contribution in [0, 0.1) is 11.8 Å². The molecule has 0 aromatic heterocycles. The number of carbonyl (C=O) groups excluding carboxylic acids is 1. The molecule has 12 saturated heterocycles. The Morgan fingerprint density at radius 2 is 1.46 bits per heavy atom. The minimum atomic E-state index is -1.03. The van der Waals surface area contributed by atoms with E-state index in [0.29, 0.717) is 51.7 Å². The maximum Gasteiger partial charge on any atom is 0.308 e. The Morgan fingerprint density at radius 1 is 0.689 bits per heavy atom. The van der Waals surface area contributed by atoms with Crippen molar-refractivity contribution in [2.45, 2.75) is 226 Å². The van der Waals surface area contributed by atoms with E-state index >= 15 is 0 Å². The minimum Gasteiger partial charge on any atom is -0.459 e. The van der Waals surface area contributed by atoms with Gasteiger partial charge in [-0.15, -0.1) is 6.58 Å². The van der Waals surface area contributed by atoms with Crippen molar-refractivity contribution >= 4 is 5.97 Å². The Kier molecular flexibility index (Phi) is 10.8. The first kappa shape index (κ1) is 41.9. The van der Waals surface area contributed by atoms with Gasteiger partial charge in [-0.1, -0.05) is 33.1 Å². The van der Waals surface area contributed by atoms with Crippen molar-refractivity contribution in [2.24, 2.45) is 11.8 Å². The third-order valence-corrected chi connectivity index (χ3v) is 15.9. The molecule has 0 aromatic rings. The van der Waals surface area contributed by atoms with E-state index in [1.807, 2.05) is 13.8 Å². The van der Waals surface area contributed by atoms with Crippen LogP contribution in [0.4, 0.5) is 0 Å². The average molecular weight is 855 g/mol. The lowest BCUT2D eigenvalue weighted by Crippen LogP contribution is -2.64. The van der Waals surface area contributed by atoms with Gasteiger partial charge < -0.3 is 61.6 Å². The monoisotopic (exact) mass is 854 g/mol. The molecule has 0 radical (unpaired) electrons. The summed E-state index contributed by atoms with van der Waals surface area (Å²) in [4.78, 5) is 14.3. The molecule has 12 rings (SSSR count). The molecule has 12 fully saturated rings. The van der Waals surface area contributed by atoms with Gasteiger partial charge in [0.15, 0.2) is 11.6 Å². The van der Waals surface area contributed by atoms with Crippen molar-refractivity contribution in [1.82, 2.24) is 0 Å². The summed E-state index contributed by atoms with van der Waals surface area (Å²) >= 11 is 0. The van der Waals surface area contributed by atoms with Crippen LogP contribution in [0.15, 0.2) is 37.0 Å². The van der Waals surface area contributed by atoms with Crippen molar-refractivity contribution in [3.05, 3.63) is 37.0 Å². The molecule has 14 heteroatoms. The molecule has 0 aliphatic carbocycles. The Morgan fingerprint density at radius 3 is 2.31 bits per heavy atom. The molecule has 12 bridgehead atoms. The molecule has 61 heavy (non-hydrogen) atoms. The van der Waals surface area contributed by atoms with Gasteiger partial charge in [0.1, 0.15) is 42.7 Å². The molecule has 338 valence electrons. The Hall–Kier alpha value is -1.79. The zero-order valence-corrected chi connectivity index (χ0v) is 36.3. The summed E-state index contributed by atoms with van der Waals surface area (Å²) in [6.45, 7) is 21.9. The zero-order valence-electron chi connectivity index (χ0n) is 36.3. The van der Waals surface area contributed by atoms with Gasteiger partial charge >= 0.3 is 5.97 Å². The SMILES string of the molecule is C=CCO[C@]12C[C@]34CCC5CC(=C)[C@H](CCC6C[C@@H](C)C(=C)C(C[C@@H]7O[C@H]8C[C@H]9OC(C)(C)OC[C@H]9O[C@H]8[C@H](C)C7OC(=O)CC7CCC8OC(C(O1)C(O3)[C@H]8O7)C2O4)O6)O5. The van der Waals surface area contributed by atoms with Crippen molar-refractivity contribution in [2.75, 3.05) is 13.2 Å². The van der Waals surface area contributed by atoms with Crippen LogP contribution in [0.1, 0.15) is 105 Å². The fraction of sp³-hybridized carbons (Fsp3) is 0.851. The first-order valence-electron chi connectivity index (χ1n) is 23.4. The predicted molar refractivity (Wildman–Crippen MR) is 215 cm³/mol. The van der Waals surface area contributed by atoms with E-state index in [1.165, 1.54) is 0 Å². The highest BCUT2D eigenvalue weighted by molar-refractivity contribution is 5.70. The predicted octanol–water partition coefficient (Wildman–Crippen LogP) is 5.53. The molecule has 0 saturated carbocycles. The number of rotatable bonds is 3. The fourth-order valence-corrected chi connectivity index (χ4v) is 12.9. The number of fused-ring (bicyclic) bond motifs is 8. The zero-order chi connectivity index (χ0) is 42.0. The van der Waals surface area contributed by atoms with Crippen molar-refractivity contribution in [3.8, 4) is 0 Å². The molecule has 1 spiro atoms. The number of carbonyl (C=O) groups is 1. The quantitative estimate of drug-likeness (QED) is 0.260. The van der Waals surface area contributed by atoms with Gasteiger partial charge in [-0.05, 0) is 75.9 Å². The van der Waals surface area contributed by atoms with E-state index < -0.39 is 60.1 Å². The topological polar surface area (TPSA) is 137 Å². The maximum absolute atomic E-state index is 14.3. The molecule has 14 nitrogen and oxygen atoms in total. The molecule has 0 aromatic carbocycles. The van der Waals surface area contributed by atoms with E-state index in [4.69, 9.17) is 61.6 Å².